The van der Waals surface area contributed by atoms with Crippen LogP contribution < -0.4 is 9.05 Å². The molecular formula is C30H45O4P. The van der Waals surface area contributed by atoms with Crippen LogP contribution in [-0.2, 0) is 26.2 Å². The summed E-state index contributed by atoms with van der Waals surface area (Å²) in [5.74, 6) is 0.714. The molecule has 0 heterocycles. The number of hydrogen-bond acceptors (Lipinski definition) is 3. The lowest BCUT2D eigenvalue weighted by Crippen LogP contribution is -2.19. The van der Waals surface area contributed by atoms with Crippen LogP contribution in [0.5, 0.6) is 11.5 Å². The van der Waals surface area contributed by atoms with Crippen LogP contribution in [0.3, 0.4) is 0 Å². The zero-order valence-electron chi connectivity index (χ0n) is 23.7. The molecule has 0 aliphatic carbocycles. The molecule has 1 atom stereocenters. The van der Waals surface area contributed by atoms with E-state index in [2.05, 4.69) is 94.4 Å². The highest BCUT2D eigenvalue weighted by Crippen LogP contribution is 2.50. The molecule has 2 aromatic carbocycles. The summed E-state index contributed by atoms with van der Waals surface area (Å²) in [5, 5.41) is 0. The molecule has 1 N–H and O–H groups in total. The van der Waals surface area contributed by atoms with Crippen LogP contribution in [0.25, 0.3) is 0 Å². The largest absolute Gasteiger partial charge is 0.584 e. The van der Waals surface area contributed by atoms with Gasteiger partial charge in [-0.2, -0.15) is 0 Å². The Hall–Kier alpha value is -2.03. The zero-order valence-corrected chi connectivity index (χ0v) is 24.6. The van der Waals surface area contributed by atoms with Gasteiger partial charge in [-0.15, -0.1) is 0 Å². The zero-order chi connectivity index (χ0) is 27.0. The number of hydrogen-bond donors (Lipinski definition) is 1. The summed E-state index contributed by atoms with van der Waals surface area (Å²) in [6.07, 6.45) is 4.18. The molecule has 5 heteroatoms. The molecule has 2 aromatic rings. The fraction of sp³-hybridized carbons (Fsp3) is 0.533. The van der Waals surface area contributed by atoms with E-state index >= 15 is 0 Å². The Morgan fingerprint density at radius 1 is 0.686 bits per heavy atom. The van der Waals surface area contributed by atoms with Gasteiger partial charge >= 0.3 is 7.82 Å². The molecule has 0 fully saturated rings. The van der Waals surface area contributed by atoms with Crippen LogP contribution in [0.2, 0.25) is 0 Å². The molecule has 0 saturated carbocycles. The maximum atomic E-state index is 13.3. The van der Waals surface area contributed by atoms with E-state index in [9.17, 15) is 9.46 Å². The van der Waals surface area contributed by atoms with E-state index in [1.807, 2.05) is 25.1 Å². The molecule has 0 bridgehead atoms. The third-order valence-electron chi connectivity index (χ3n) is 6.20. The van der Waals surface area contributed by atoms with E-state index in [1.165, 1.54) is 0 Å². The molecule has 0 saturated heterocycles. The summed E-state index contributed by atoms with van der Waals surface area (Å²) in [4.78, 5) is 10.8. The van der Waals surface area contributed by atoms with E-state index in [1.54, 1.807) is 12.1 Å². The normalized spacial score (nSPS) is 15.2. The van der Waals surface area contributed by atoms with E-state index in [0.29, 0.717) is 11.5 Å². The summed E-state index contributed by atoms with van der Waals surface area (Å²) < 4.78 is 24.7. The monoisotopic (exact) mass is 500 g/mol. The maximum Gasteiger partial charge on any atom is 0.584 e. The molecule has 0 aliphatic heterocycles. The molecule has 0 amide bonds. The molecule has 2 rings (SSSR count). The predicted octanol–water partition coefficient (Wildman–Crippen LogP) is 8.99. The number of phosphoric acid groups is 1. The topological polar surface area (TPSA) is 55.8 Å². The number of phosphoric ester groups is 1. The minimum absolute atomic E-state index is 0.0535. The Morgan fingerprint density at radius 3 is 1.46 bits per heavy atom. The lowest BCUT2D eigenvalue weighted by molar-refractivity contribution is 0.286. The van der Waals surface area contributed by atoms with E-state index < -0.39 is 7.82 Å². The van der Waals surface area contributed by atoms with Crippen LogP contribution in [-0.4, -0.2) is 4.89 Å². The van der Waals surface area contributed by atoms with Gasteiger partial charge in [0.1, 0.15) is 11.5 Å². The average molecular weight is 501 g/mol. The molecule has 1 unspecified atom stereocenters. The Labute approximate surface area is 213 Å². The molecule has 0 aromatic heterocycles. The highest BCUT2D eigenvalue weighted by molar-refractivity contribution is 7.48. The van der Waals surface area contributed by atoms with Gasteiger partial charge in [0, 0.05) is 16.5 Å². The first kappa shape index (κ1) is 29.2. The first-order chi connectivity index (χ1) is 15.7. The molecular weight excluding hydrogens is 455 g/mol. The Balaban J connectivity index is 2.50. The minimum Gasteiger partial charge on any atom is -0.395 e. The molecule has 35 heavy (non-hydrogen) atoms. The SMILES string of the molecule is CC=CC(C)(C)c1ccc(OP(=O)(O)Oc2ccc(C(C)(C)C)cc2C(C)(C)C)c(C(C)(C)C)c1. The quantitative estimate of drug-likeness (QED) is 0.318. The summed E-state index contributed by atoms with van der Waals surface area (Å²) in [5.41, 5.74) is 3.14. The van der Waals surface area contributed by atoms with Crippen molar-refractivity contribution in [2.45, 2.75) is 105 Å². The van der Waals surface area contributed by atoms with Gasteiger partial charge in [0.15, 0.2) is 0 Å². The number of allylic oxidation sites excluding steroid dienone is 2. The van der Waals surface area contributed by atoms with Crippen molar-refractivity contribution in [3.05, 3.63) is 70.8 Å². The highest BCUT2D eigenvalue weighted by atomic mass is 31.2. The summed E-state index contributed by atoms with van der Waals surface area (Å²) in [7, 11) is -4.47. The van der Waals surface area contributed by atoms with Gasteiger partial charge in [0.2, 0.25) is 0 Å². The van der Waals surface area contributed by atoms with E-state index in [-0.39, 0.29) is 21.7 Å². The van der Waals surface area contributed by atoms with Crippen LogP contribution in [0.1, 0.15) is 105 Å². The highest BCUT2D eigenvalue weighted by Gasteiger charge is 2.33. The first-order valence-corrected chi connectivity index (χ1v) is 13.8. The van der Waals surface area contributed by atoms with Crippen LogP contribution in [0.15, 0.2) is 48.6 Å². The smallest absolute Gasteiger partial charge is 0.395 e. The first-order valence-electron chi connectivity index (χ1n) is 12.3. The van der Waals surface area contributed by atoms with Crippen LogP contribution >= 0.6 is 7.82 Å². The van der Waals surface area contributed by atoms with Crippen molar-refractivity contribution in [2.75, 3.05) is 0 Å². The molecule has 194 valence electrons. The second-order valence-corrected chi connectivity index (χ2v) is 14.3. The standard InChI is InChI=1S/C30H45O4P/c1-13-18-30(11,12)22-15-17-26(24(20-22)29(8,9)10)34-35(31,32)33-25-16-14-21(27(2,3)4)19-23(25)28(5,6)7/h13-20H,1-12H3,(H,31,32). The van der Waals surface area contributed by atoms with Gasteiger partial charge in [0.25, 0.3) is 0 Å². The number of benzene rings is 2. The molecule has 0 aliphatic rings. The van der Waals surface area contributed by atoms with Crippen molar-refractivity contribution in [1.82, 2.24) is 0 Å². The minimum atomic E-state index is -4.47. The third-order valence-corrected chi connectivity index (χ3v) is 7.05. The van der Waals surface area contributed by atoms with Crippen molar-refractivity contribution in [1.29, 1.82) is 0 Å². The van der Waals surface area contributed by atoms with Crippen molar-refractivity contribution in [2.24, 2.45) is 0 Å². The second kappa shape index (κ2) is 9.79. The lowest BCUT2D eigenvalue weighted by atomic mass is 9.79. The Kier molecular flexibility index (Phi) is 8.17. The van der Waals surface area contributed by atoms with Gasteiger partial charge in [-0.05, 0) is 46.4 Å². The fourth-order valence-corrected chi connectivity index (χ4v) is 4.89. The molecule has 0 radical (unpaired) electrons. The summed E-state index contributed by atoms with van der Waals surface area (Å²) >= 11 is 0. The lowest BCUT2D eigenvalue weighted by Gasteiger charge is -2.29. The van der Waals surface area contributed by atoms with Crippen molar-refractivity contribution < 1.29 is 18.5 Å². The Morgan fingerprint density at radius 2 is 1.09 bits per heavy atom. The molecule has 0 spiro atoms. The van der Waals surface area contributed by atoms with Crippen molar-refractivity contribution in [3.63, 3.8) is 0 Å². The Bertz CT molecular complexity index is 1120. The fourth-order valence-electron chi connectivity index (χ4n) is 4.04. The second-order valence-electron chi connectivity index (χ2n) is 13.0. The van der Waals surface area contributed by atoms with Gasteiger partial charge in [0.05, 0.1) is 0 Å². The van der Waals surface area contributed by atoms with Crippen LogP contribution in [0.4, 0.5) is 0 Å². The maximum absolute atomic E-state index is 13.3. The predicted molar refractivity (Wildman–Crippen MR) is 148 cm³/mol. The number of rotatable bonds is 6. The van der Waals surface area contributed by atoms with Crippen molar-refractivity contribution in [3.8, 4) is 11.5 Å². The van der Waals surface area contributed by atoms with Crippen molar-refractivity contribution >= 4 is 7.82 Å². The third kappa shape index (κ3) is 7.48. The van der Waals surface area contributed by atoms with E-state index in [4.69, 9.17) is 9.05 Å². The molecule has 4 nitrogen and oxygen atoms in total. The van der Waals surface area contributed by atoms with E-state index in [0.717, 1.165) is 22.3 Å². The van der Waals surface area contributed by atoms with Gasteiger partial charge in [-0.25, -0.2) is 4.57 Å². The van der Waals surface area contributed by atoms with Gasteiger partial charge in [-0.3, -0.25) is 4.89 Å². The van der Waals surface area contributed by atoms with Crippen LogP contribution in [0, 0.1) is 0 Å². The summed E-state index contributed by atoms with van der Waals surface area (Å²) in [6.45, 7) is 25.1. The van der Waals surface area contributed by atoms with Gasteiger partial charge < -0.3 is 9.05 Å². The van der Waals surface area contributed by atoms with Gasteiger partial charge in [-0.1, -0.05) is 113 Å². The average Bonchev–Trinajstić information content (AvgIpc) is 2.65. The summed E-state index contributed by atoms with van der Waals surface area (Å²) in [6, 6.07) is 11.6.